The van der Waals surface area contributed by atoms with Crippen molar-refractivity contribution in [3.63, 3.8) is 0 Å². The SMILES string of the molecule is CCCC(C)c1cc(Cc2cc(Cl)cc(Cl)c2O)c(O)c(Cc2cc(Cl)cc(Cl)c2O)c1. The van der Waals surface area contributed by atoms with Crippen LogP contribution in [0.4, 0.5) is 0 Å². The maximum atomic E-state index is 11.1. The number of hydrogen-bond donors (Lipinski definition) is 3. The van der Waals surface area contributed by atoms with Crippen LogP contribution in [0.2, 0.25) is 20.1 Å². The summed E-state index contributed by atoms with van der Waals surface area (Å²) in [6.07, 6.45) is 2.47. The minimum atomic E-state index is -0.0664. The lowest BCUT2D eigenvalue weighted by Gasteiger charge is -2.18. The zero-order valence-corrected chi connectivity index (χ0v) is 20.7. The summed E-state index contributed by atoms with van der Waals surface area (Å²) in [5.74, 6) is 0.196. The maximum Gasteiger partial charge on any atom is 0.137 e. The van der Waals surface area contributed by atoms with Crippen molar-refractivity contribution >= 4 is 46.4 Å². The molecule has 3 aromatic carbocycles. The highest BCUT2D eigenvalue weighted by atomic mass is 35.5. The third-order valence-corrected chi connectivity index (χ3v) is 6.57. The molecule has 0 bridgehead atoms. The lowest BCUT2D eigenvalue weighted by Crippen LogP contribution is -2.01. The molecule has 32 heavy (non-hydrogen) atoms. The molecule has 0 heterocycles. The second-order valence-electron chi connectivity index (χ2n) is 8.02. The van der Waals surface area contributed by atoms with E-state index in [1.54, 1.807) is 12.1 Å². The van der Waals surface area contributed by atoms with Gasteiger partial charge in [0.2, 0.25) is 0 Å². The van der Waals surface area contributed by atoms with Gasteiger partial charge in [-0.05, 0) is 53.3 Å². The van der Waals surface area contributed by atoms with Gasteiger partial charge in [-0.1, -0.05) is 78.8 Å². The van der Waals surface area contributed by atoms with Crippen molar-refractivity contribution < 1.29 is 15.3 Å². The second-order valence-corrected chi connectivity index (χ2v) is 9.71. The number of phenols is 3. The first kappa shape index (κ1) is 24.9. The molecule has 0 aromatic heterocycles. The summed E-state index contributed by atoms with van der Waals surface area (Å²) in [5, 5.41) is 33.0. The molecule has 0 fully saturated rings. The molecule has 0 spiro atoms. The van der Waals surface area contributed by atoms with Gasteiger partial charge in [-0.2, -0.15) is 0 Å². The normalized spacial score (nSPS) is 12.2. The van der Waals surface area contributed by atoms with Crippen molar-refractivity contribution in [3.05, 3.63) is 84.3 Å². The van der Waals surface area contributed by atoms with Crippen molar-refractivity contribution in [2.24, 2.45) is 0 Å². The molecule has 0 amide bonds. The Morgan fingerprint density at radius 1 is 0.656 bits per heavy atom. The quantitative estimate of drug-likeness (QED) is 0.296. The van der Waals surface area contributed by atoms with Gasteiger partial charge >= 0.3 is 0 Å². The fourth-order valence-electron chi connectivity index (χ4n) is 3.86. The Kier molecular flexibility index (Phi) is 8.11. The van der Waals surface area contributed by atoms with Gasteiger partial charge in [0.25, 0.3) is 0 Å². The highest BCUT2D eigenvalue weighted by Crippen LogP contribution is 2.39. The van der Waals surface area contributed by atoms with Crippen LogP contribution in [0, 0.1) is 0 Å². The maximum absolute atomic E-state index is 11.1. The predicted molar refractivity (Wildman–Crippen MR) is 133 cm³/mol. The molecule has 3 aromatic rings. The minimum absolute atomic E-state index is 0.0664. The first-order valence-corrected chi connectivity index (χ1v) is 11.8. The molecule has 7 heteroatoms. The average molecular weight is 514 g/mol. The van der Waals surface area contributed by atoms with Crippen molar-refractivity contribution in [2.45, 2.75) is 45.4 Å². The topological polar surface area (TPSA) is 60.7 Å². The van der Waals surface area contributed by atoms with E-state index >= 15 is 0 Å². The highest BCUT2D eigenvalue weighted by molar-refractivity contribution is 6.36. The molecule has 0 aliphatic carbocycles. The van der Waals surface area contributed by atoms with E-state index in [1.807, 2.05) is 12.1 Å². The van der Waals surface area contributed by atoms with Gasteiger partial charge in [-0.25, -0.2) is 0 Å². The molecule has 170 valence electrons. The van der Waals surface area contributed by atoms with Gasteiger partial charge in [0.15, 0.2) is 0 Å². The summed E-state index contributed by atoms with van der Waals surface area (Å²) in [6, 6.07) is 10.1. The molecule has 1 unspecified atom stereocenters. The van der Waals surface area contributed by atoms with E-state index in [2.05, 4.69) is 13.8 Å². The van der Waals surface area contributed by atoms with Crippen LogP contribution in [-0.4, -0.2) is 15.3 Å². The fourth-order valence-corrected chi connectivity index (χ4v) is 4.93. The first-order valence-electron chi connectivity index (χ1n) is 10.3. The Hall–Kier alpha value is -1.78. The smallest absolute Gasteiger partial charge is 0.137 e. The predicted octanol–water partition coefficient (Wildman–Crippen LogP) is 8.50. The molecule has 0 saturated carbocycles. The summed E-state index contributed by atoms with van der Waals surface area (Å²) >= 11 is 24.4. The van der Waals surface area contributed by atoms with Crippen LogP contribution in [0.5, 0.6) is 17.2 Å². The van der Waals surface area contributed by atoms with Gasteiger partial charge in [-0.3, -0.25) is 0 Å². The molecular weight excluding hydrogens is 490 g/mol. The Balaban J connectivity index is 2.11. The van der Waals surface area contributed by atoms with E-state index in [0.29, 0.717) is 32.3 Å². The van der Waals surface area contributed by atoms with Crippen molar-refractivity contribution in [2.75, 3.05) is 0 Å². The summed E-state index contributed by atoms with van der Waals surface area (Å²) in [7, 11) is 0. The number of phenolic OH excluding ortho intramolecular Hbond substituents is 3. The number of hydrogen-bond acceptors (Lipinski definition) is 3. The molecule has 1 atom stereocenters. The van der Waals surface area contributed by atoms with E-state index in [0.717, 1.165) is 18.4 Å². The Labute approximate surface area is 208 Å². The Morgan fingerprint density at radius 3 is 1.47 bits per heavy atom. The summed E-state index contributed by atoms with van der Waals surface area (Å²) in [4.78, 5) is 0. The van der Waals surface area contributed by atoms with Gasteiger partial charge in [-0.15, -0.1) is 0 Å². The fraction of sp³-hybridized carbons (Fsp3) is 0.280. The van der Waals surface area contributed by atoms with E-state index in [4.69, 9.17) is 46.4 Å². The van der Waals surface area contributed by atoms with Crippen LogP contribution < -0.4 is 0 Å². The second kappa shape index (κ2) is 10.4. The van der Waals surface area contributed by atoms with Crippen LogP contribution in [0.3, 0.4) is 0 Å². The van der Waals surface area contributed by atoms with E-state index in [-0.39, 0.29) is 46.1 Å². The van der Waals surface area contributed by atoms with Crippen LogP contribution in [0.15, 0.2) is 36.4 Å². The minimum Gasteiger partial charge on any atom is -0.507 e. The summed E-state index contributed by atoms with van der Waals surface area (Å²) in [5.41, 5.74) is 3.33. The van der Waals surface area contributed by atoms with E-state index in [9.17, 15) is 15.3 Å². The monoisotopic (exact) mass is 512 g/mol. The van der Waals surface area contributed by atoms with Crippen molar-refractivity contribution in [1.82, 2.24) is 0 Å². The van der Waals surface area contributed by atoms with Gasteiger partial charge in [0.1, 0.15) is 17.2 Å². The molecule has 3 N–H and O–H groups in total. The lowest BCUT2D eigenvalue weighted by atomic mass is 9.89. The van der Waals surface area contributed by atoms with Crippen LogP contribution in [-0.2, 0) is 12.8 Å². The molecule has 0 saturated heterocycles. The van der Waals surface area contributed by atoms with Gasteiger partial charge in [0, 0.05) is 34.0 Å². The zero-order valence-electron chi connectivity index (χ0n) is 17.7. The summed E-state index contributed by atoms with van der Waals surface area (Å²) < 4.78 is 0. The first-order chi connectivity index (χ1) is 15.1. The summed E-state index contributed by atoms with van der Waals surface area (Å²) in [6.45, 7) is 4.25. The zero-order chi connectivity index (χ0) is 23.6. The molecular formula is C25H24Cl4O3. The highest BCUT2D eigenvalue weighted by Gasteiger charge is 2.18. The van der Waals surface area contributed by atoms with Gasteiger partial charge < -0.3 is 15.3 Å². The lowest BCUT2D eigenvalue weighted by molar-refractivity contribution is 0.456. The molecule has 0 aliphatic heterocycles. The Bertz CT molecular complexity index is 1060. The number of benzene rings is 3. The molecule has 3 rings (SSSR count). The molecule has 3 nitrogen and oxygen atoms in total. The van der Waals surface area contributed by atoms with Crippen molar-refractivity contribution in [3.8, 4) is 17.2 Å². The average Bonchev–Trinajstić information content (AvgIpc) is 2.72. The Morgan fingerprint density at radius 2 is 1.06 bits per heavy atom. The van der Waals surface area contributed by atoms with E-state index < -0.39 is 0 Å². The van der Waals surface area contributed by atoms with Crippen molar-refractivity contribution in [1.29, 1.82) is 0 Å². The standard InChI is InChI=1S/C25H24Cl4O3/c1-3-4-13(2)14-5-15(7-17-9-19(26)11-21(28)24(17)31)23(30)16(6-14)8-18-10-20(27)12-22(29)25(18)32/h5-6,9-13,30-32H,3-4,7-8H2,1-2H3. The number of halogens is 4. The third kappa shape index (κ3) is 5.58. The van der Waals surface area contributed by atoms with E-state index in [1.165, 1.54) is 12.1 Å². The van der Waals surface area contributed by atoms with Crippen LogP contribution in [0.25, 0.3) is 0 Å². The molecule has 0 radical (unpaired) electrons. The molecule has 0 aliphatic rings. The van der Waals surface area contributed by atoms with Crippen LogP contribution in [0.1, 0.15) is 60.4 Å². The number of aromatic hydroxyl groups is 3. The largest absolute Gasteiger partial charge is 0.507 e. The number of rotatable bonds is 7. The third-order valence-electron chi connectivity index (χ3n) is 5.56. The van der Waals surface area contributed by atoms with Crippen LogP contribution >= 0.6 is 46.4 Å². The van der Waals surface area contributed by atoms with Gasteiger partial charge in [0.05, 0.1) is 10.0 Å².